The van der Waals surface area contributed by atoms with Crippen molar-refractivity contribution in [3.05, 3.63) is 100 Å². The van der Waals surface area contributed by atoms with Crippen LogP contribution in [0.15, 0.2) is 73.3 Å². The van der Waals surface area contributed by atoms with E-state index in [2.05, 4.69) is 83.8 Å². The number of ether oxygens (including phenoxy) is 2. The first kappa shape index (κ1) is 32.7. The van der Waals surface area contributed by atoms with Crippen molar-refractivity contribution in [3.8, 4) is 0 Å². The molecule has 248 valence electrons. The van der Waals surface area contributed by atoms with Gasteiger partial charge in [0, 0.05) is 25.7 Å². The molecule has 2 aliphatic heterocycles. The van der Waals surface area contributed by atoms with Crippen molar-refractivity contribution in [2.75, 3.05) is 25.1 Å². The Labute approximate surface area is 292 Å². The van der Waals surface area contributed by atoms with Crippen LogP contribution in [0.3, 0.4) is 0 Å². The van der Waals surface area contributed by atoms with Crippen molar-refractivity contribution in [1.29, 1.82) is 0 Å². The molecule has 2 aromatic carbocycles. The van der Waals surface area contributed by atoms with E-state index < -0.39 is 0 Å². The van der Waals surface area contributed by atoms with Gasteiger partial charge in [-0.2, -0.15) is 15.0 Å². The molecule has 4 aromatic heterocycles. The van der Waals surface area contributed by atoms with Crippen LogP contribution in [0, 0.1) is 0 Å². The molecule has 0 radical (unpaired) electrons. The van der Waals surface area contributed by atoms with E-state index in [1.165, 1.54) is 11.1 Å². The first-order chi connectivity index (χ1) is 23.5. The smallest absolute Gasteiger partial charge is 0.226 e. The minimum Gasteiger partial charge on any atom is -0.367 e. The van der Waals surface area contributed by atoms with Gasteiger partial charge in [0.15, 0.2) is 27.8 Å². The minimum atomic E-state index is -0.0565. The molecular formula is C34H34Cl3N9O2. The molecule has 0 saturated carbocycles. The van der Waals surface area contributed by atoms with Crippen LogP contribution in [0.25, 0.3) is 22.3 Å². The number of aromatic nitrogens is 8. The fourth-order valence-corrected chi connectivity index (χ4v) is 6.76. The van der Waals surface area contributed by atoms with Gasteiger partial charge in [-0.05, 0) is 72.9 Å². The fraction of sp³-hybridized carbons (Fsp3) is 0.353. The SMILES string of the molecule is Clc1nc(Cl)c2ncn(C3CCCCO3)c2n1.Clc1nc(NCC(c2ccccc2)c2ccccc2)c2ncn(C3CCCCO3)c2n1. The second kappa shape index (κ2) is 15.1. The summed E-state index contributed by atoms with van der Waals surface area (Å²) < 4.78 is 15.4. The van der Waals surface area contributed by atoms with Crippen LogP contribution in [0.1, 0.15) is 68.0 Å². The summed E-state index contributed by atoms with van der Waals surface area (Å²) >= 11 is 18.1. The van der Waals surface area contributed by atoms with Crippen LogP contribution >= 0.6 is 34.8 Å². The topological polar surface area (TPSA) is 118 Å². The zero-order valence-corrected chi connectivity index (χ0v) is 28.3. The maximum Gasteiger partial charge on any atom is 0.226 e. The third kappa shape index (κ3) is 7.25. The molecule has 0 spiro atoms. The lowest BCUT2D eigenvalue weighted by Crippen LogP contribution is -2.18. The van der Waals surface area contributed by atoms with Crippen LogP contribution in [0.4, 0.5) is 5.82 Å². The monoisotopic (exact) mass is 705 g/mol. The van der Waals surface area contributed by atoms with E-state index in [-0.39, 0.29) is 34.1 Å². The molecule has 0 amide bonds. The molecule has 2 fully saturated rings. The van der Waals surface area contributed by atoms with E-state index >= 15 is 0 Å². The Morgan fingerprint density at radius 2 is 1.19 bits per heavy atom. The largest absolute Gasteiger partial charge is 0.367 e. The second-order valence-corrected chi connectivity index (χ2v) is 12.7. The summed E-state index contributed by atoms with van der Waals surface area (Å²) in [6.45, 7) is 2.17. The lowest BCUT2D eigenvalue weighted by Gasteiger charge is -2.23. The molecule has 8 rings (SSSR count). The van der Waals surface area contributed by atoms with E-state index in [0.29, 0.717) is 34.7 Å². The molecule has 1 N–H and O–H groups in total. The molecule has 2 aliphatic rings. The van der Waals surface area contributed by atoms with Gasteiger partial charge in [0.05, 0.1) is 12.7 Å². The van der Waals surface area contributed by atoms with Crippen molar-refractivity contribution in [2.45, 2.75) is 56.9 Å². The third-order valence-corrected chi connectivity index (χ3v) is 9.16. The second-order valence-electron chi connectivity index (χ2n) is 11.7. The van der Waals surface area contributed by atoms with Gasteiger partial charge in [0.1, 0.15) is 18.0 Å². The zero-order chi connectivity index (χ0) is 32.9. The van der Waals surface area contributed by atoms with Gasteiger partial charge in [-0.1, -0.05) is 72.3 Å². The summed E-state index contributed by atoms with van der Waals surface area (Å²) in [7, 11) is 0. The van der Waals surface area contributed by atoms with Crippen LogP contribution in [-0.4, -0.2) is 58.8 Å². The van der Waals surface area contributed by atoms with Crippen molar-refractivity contribution in [2.24, 2.45) is 0 Å². The molecule has 6 heterocycles. The number of imidazole rings is 2. The average molecular weight is 707 g/mol. The van der Waals surface area contributed by atoms with Gasteiger partial charge in [-0.15, -0.1) is 0 Å². The summed E-state index contributed by atoms with van der Waals surface area (Å²) in [5, 5.41) is 4.09. The first-order valence-corrected chi connectivity index (χ1v) is 17.2. The fourth-order valence-electron chi connectivity index (χ4n) is 6.18. The van der Waals surface area contributed by atoms with Crippen LogP contribution in [0.5, 0.6) is 0 Å². The normalized spacial score (nSPS) is 18.2. The molecule has 48 heavy (non-hydrogen) atoms. The number of rotatable bonds is 7. The molecule has 6 aromatic rings. The number of hydrogen-bond acceptors (Lipinski definition) is 9. The number of nitrogens with zero attached hydrogens (tertiary/aromatic N) is 8. The average Bonchev–Trinajstić information content (AvgIpc) is 3.75. The molecule has 2 atom stereocenters. The first-order valence-electron chi connectivity index (χ1n) is 16.1. The molecule has 14 heteroatoms. The highest BCUT2D eigenvalue weighted by Crippen LogP contribution is 2.31. The Morgan fingerprint density at radius 3 is 1.73 bits per heavy atom. The van der Waals surface area contributed by atoms with Gasteiger partial charge >= 0.3 is 0 Å². The van der Waals surface area contributed by atoms with E-state index in [9.17, 15) is 0 Å². The number of hydrogen-bond donors (Lipinski definition) is 1. The van der Waals surface area contributed by atoms with Crippen molar-refractivity contribution < 1.29 is 9.47 Å². The summed E-state index contributed by atoms with van der Waals surface area (Å²) in [5.74, 6) is 0.802. The van der Waals surface area contributed by atoms with Gasteiger partial charge in [-0.3, -0.25) is 9.13 Å². The molecule has 0 bridgehead atoms. The molecule has 11 nitrogen and oxygen atoms in total. The number of nitrogens with one attached hydrogen (secondary N) is 1. The standard InChI is InChI=1S/C24H24ClN5O.C10H10Cl2N4O/c25-24-28-22(21-23(29-24)30(16-27-21)20-13-7-8-14-31-20)26-15-19(17-9-3-1-4-10-17)18-11-5-2-6-12-18;11-8-7-9(15-10(12)14-8)16(5-13-7)6-3-1-2-4-17-6/h1-6,9-12,16,19-20H,7-8,13-15H2,(H,26,28,29);5-6H,1-4H2. The molecule has 0 aliphatic carbocycles. The summed E-state index contributed by atoms with van der Waals surface area (Å²) in [5.41, 5.74) is 5.06. The van der Waals surface area contributed by atoms with Crippen molar-refractivity contribution in [3.63, 3.8) is 0 Å². The Bertz CT molecular complexity index is 1920. The molecular weight excluding hydrogens is 673 g/mol. The van der Waals surface area contributed by atoms with Crippen molar-refractivity contribution in [1.82, 2.24) is 39.0 Å². The predicted molar refractivity (Wildman–Crippen MR) is 187 cm³/mol. The Balaban J connectivity index is 0.000000180. The van der Waals surface area contributed by atoms with E-state index in [1.807, 2.05) is 21.3 Å². The van der Waals surface area contributed by atoms with Gasteiger partial charge < -0.3 is 14.8 Å². The quantitative estimate of drug-likeness (QED) is 0.129. The number of halogens is 3. The lowest BCUT2D eigenvalue weighted by molar-refractivity contribution is -0.0299. The Morgan fingerprint density at radius 1 is 0.667 bits per heavy atom. The highest BCUT2D eigenvalue weighted by molar-refractivity contribution is 6.35. The number of anilines is 1. The summed E-state index contributed by atoms with van der Waals surface area (Å²) in [4.78, 5) is 25.7. The minimum absolute atomic E-state index is 0.0317. The van der Waals surface area contributed by atoms with Crippen LogP contribution in [0.2, 0.25) is 15.7 Å². The summed E-state index contributed by atoms with van der Waals surface area (Å²) in [6, 6.07) is 20.9. The lowest BCUT2D eigenvalue weighted by atomic mass is 9.91. The van der Waals surface area contributed by atoms with E-state index in [1.54, 1.807) is 12.7 Å². The predicted octanol–water partition coefficient (Wildman–Crippen LogP) is 8.26. The third-order valence-electron chi connectivity index (χ3n) is 8.56. The zero-order valence-electron chi connectivity index (χ0n) is 26.1. The van der Waals surface area contributed by atoms with Gasteiger partial charge in [-0.25, -0.2) is 15.0 Å². The highest BCUT2D eigenvalue weighted by atomic mass is 35.5. The Hall–Kier alpha value is -3.87. The number of benzene rings is 2. The number of fused-ring (bicyclic) bond motifs is 2. The summed E-state index contributed by atoms with van der Waals surface area (Å²) in [6.07, 6.45) is 9.71. The van der Waals surface area contributed by atoms with Gasteiger partial charge in [0.25, 0.3) is 0 Å². The Kier molecular flexibility index (Phi) is 10.3. The molecule has 2 unspecified atom stereocenters. The van der Waals surface area contributed by atoms with Gasteiger partial charge in [0.2, 0.25) is 10.6 Å². The highest BCUT2D eigenvalue weighted by Gasteiger charge is 2.23. The van der Waals surface area contributed by atoms with Crippen molar-refractivity contribution >= 4 is 62.9 Å². The van der Waals surface area contributed by atoms with E-state index in [0.717, 1.165) is 51.7 Å². The van der Waals surface area contributed by atoms with Crippen LogP contribution < -0.4 is 5.32 Å². The maximum atomic E-state index is 6.30. The maximum absolute atomic E-state index is 6.30. The van der Waals surface area contributed by atoms with Crippen LogP contribution in [-0.2, 0) is 9.47 Å². The molecule has 2 saturated heterocycles. The van der Waals surface area contributed by atoms with E-state index in [4.69, 9.17) is 44.3 Å².